The third kappa shape index (κ3) is 8.13. The highest BCUT2D eigenvalue weighted by Crippen LogP contribution is 2.29. The van der Waals surface area contributed by atoms with Crippen LogP contribution in [0.2, 0.25) is 0 Å². The van der Waals surface area contributed by atoms with Crippen molar-refractivity contribution < 1.29 is 42.0 Å². The number of carbonyl (C=O) groups excluding carboxylic acids is 4. The molecule has 1 aromatic carbocycles. The summed E-state index contributed by atoms with van der Waals surface area (Å²) in [7, 11) is -5.51. The number of alkyl carbamates (subject to hydrolysis) is 1. The lowest BCUT2D eigenvalue weighted by molar-refractivity contribution is -0.138. The van der Waals surface area contributed by atoms with Gasteiger partial charge in [0.1, 0.15) is 12.6 Å². The van der Waals surface area contributed by atoms with Gasteiger partial charge >= 0.3 is 16.2 Å². The van der Waals surface area contributed by atoms with Crippen LogP contribution in [0.4, 0.5) is 4.79 Å². The van der Waals surface area contributed by atoms with Crippen molar-refractivity contribution in [1.29, 1.82) is 0 Å². The van der Waals surface area contributed by atoms with Gasteiger partial charge in [-0.15, -0.1) is 0 Å². The molecule has 0 bridgehead atoms. The SMILES string of the molecule is CC(C)C[C@H](NC(=O)OCc1ccccc1)C(=O)N[C@@H](CC1CCNC1=O)C(O)(C(=O)NC1CC1)S(=O)(=O)O. The zero-order chi connectivity index (χ0) is 28.8. The molecule has 0 aromatic heterocycles. The Morgan fingerprint density at radius 2 is 1.79 bits per heavy atom. The maximum absolute atomic E-state index is 13.4. The van der Waals surface area contributed by atoms with Gasteiger partial charge in [-0.05, 0) is 43.6 Å². The molecule has 2 aliphatic rings. The van der Waals surface area contributed by atoms with Crippen molar-refractivity contribution in [3.63, 3.8) is 0 Å². The van der Waals surface area contributed by atoms with Crippen LogP contribution >= 0.6 is 0 Å². The van der Waals surface area contributed by atoms with Crippen LogP contribution in [0, 0.1) is 11.8 Å². The van der Waals surface area contributed by atoms with E-state index in [1.165, 1.54) is 0 Å². The molecule has 1 heterocycles. The molecule has 1 aliphatic carbocycles. The first-order valence-corrected chi connectivity index (χ1v) is 14.3. The summed E-state index contributed by atoms with van der Waals surface area (Å²) in [6, 6.07) is 5.30. The molecule has 2 unspecified atom stereocenters. The van der Waals surface area contributed by atoms with Gasteiger partial charge in [0, 0.05) is 18.5 Å². The number of amides is 4. The van der Waals surface area contributed by atoms with Crippen molar-refractivity contribution in [1.82, 2.24) is 21.3 Å². The summed E-state index contributed by atoms with van der Waals surface area (Å²) in [4.78, 5) is 47.6. The van der Waals surface area contributed by atoms with E-state index in [9.17, 15) is 37.3 Å². The number of aliphatic hydroxyl groups is 1. The average molecular weight is 569 g/mol. The molecule has 14 heteroatoms. The van der Waals surface area contributed by atoms with E-state index in [2.05, 4.69) is 21.3 Å². The van der Waals surface area contributed by atoms with Gasteiger partial charge in [0.15, 0.2) is 0 Å². The third-order valence-corrected chi connectivity index (χ3v) is 7.89. The van der Waals surface area contributed by atoms with E-state index in [1.54, 1.807) is 44.2 Å². The maximum Gasteiger partial charge on any atom is 0.408 e. The van der Waals surface area contributed by atoms with Crippen LogP contribution in [0.5, 0.6) is 0 Å². The predicted molar refractivity (Wildman–Crippen MR) is 138 cm³/mol. The van der Waals surface area contributed by atoms with Crippen molar-refractivity contribution in [2.75, 3.05) is 6.54 Å². The molecule has 4 amide bonds. The molecule has 1 aliphatic heterocycles. The van der Waals surface area contributed by atoms with E-state index >= 15 is 0 Å². The summed E-state index contributed by atoms with van der Waals surface area (Å²) in [6.07, 6.45) is 0.0983. The summed E-state index contributed by atoms with van der Waals surface area (Å²) >= 11 is 0. The zero-order valence-electron chi connectivity index (χ0n) is 21.9. The van der Waals surface area contributed by atoms with Gasteiger partial charge in [-0.1, -0.05) is 44.2 Å². The first-order chi connectivity index (χ1) is 18.3. The Labute approximate surface area is 227 Å². The standard InChI is InChI=1S/C25H36N4O9S/c1-15(2)12-19(28-24(33)38-14-16-6-4-3-5-7-16)22(31)29-20(13-17-10-11-26-21(17)30)25(34,39(35,36)37)23(32)27-18-8-9-18/h3-7,15,17-20,34H,8-14H2,1-2H3,(H,26,30)(H,27,32)(H,28,33)(H,29,31)(H,35,36,37)/t17?,19-,20-,25?/m0/s1. The van der Waals surface area contributed by atoms with Crippen LogP contribution in [0.25, 0.3) is 0 Å². The Bertz CT molecular complexity index is 1160. The molecule has 1 saturated carbocycles. The molecule has 13 nitrogen and oxygen atoms in total. The van der Waals surface area contributed by atoms with Gasteiger partial charge in [0.25, 0.3) is 10.8 Å². The fourth-order valence-corrected chi connectivity index (χ4v) is 5.13. The monoisotopic (exact) mass is 568 g/mol. The molecule has 216 valence electrons. The number of rotatable bonds is 13. The first-order valence-electron chi connectivity index (χ1n) is 12.9. The summed E-state index contributed by atoms with van der Waals surface area (Å²) in [5.41, 5.74) is 0.715. The van der Waals surface area contributed by atoms with Gasteiger partial charge in [-0.3, -0.25) is 18.9 Å². The summed E-state index contributed by atoms with van der Waals surface area (Å²) < 4.78 is 40.0. The molecule has 0 spiro atoms. The van der Waals surface area contributed by atoms with Gasteiger partial charge < -0.3 is 31.1 Å². The van der Waals surface area contributed by atoms with Gasteiger partial charge in [-0.25, -0.2) is 4.79 Å². The molecule has 39 heavy (non-hydrogen) atoms. The summed E-state index contributed by atoms with van der Waals surface area (Å²) in [6.45, 7) is 3.80. The Hall–Kier alpha value is -3.23. The smallest absolute Gasteiger partial charge is 0.408 e. The molecular formula is C25H36N4O9S. The molecule has 6 N–H and O–H groups in total. The van der Waals surface area contributed by atoms with Crippen molar-refractivity contribution in [2.24, 2.45) is 11.8 Å². The highest BCUT2D eigenvalue weighted by atomic mass is 32.2. The number of hydrogen-bond donors (Lipinski definition) is 6. The van der Waals surface area contributed by atoms with Crippen molar-refractivity contribution >= 4 is 33.9 Å². The highest BCUT2D eigenvalue weighted by molar-refractivity contribution is 7.88. The van der Waals surface area contributed by atoms with Gasteiger partial charge in [-0.2, -0.15) is 8.42 Å². The van der Waals surface area contributed by atoms with Crippen molar-refractivity contribution in [3.8, 4) is 0 Å². The molecule has 0 radical (unpaired) electrons. The van der Waals surface area contributed by atoms with Crippen LogP contribution < -0.4 is 21.3 Å². The summed E-state index contributed by atoms with van der Waals surface area (Å²) in [5, 5.41) is 20.9. The summed E-state index contributed by atoms with van der Waals surface area (Å²) in [5.74, 6) is -3.75. The van der Waals surface area contributed by atoms with E-state index in [0.29, 0.717) is 18.4 Å². The van der Waals surface area contributed by atoms with Crippen LogP contribution in [-0.2, 0) is 35.8 Å². The third-order valence-electron chi connectivity index (χ3n) is 6.63. The quantitative estimate of drug-likeness (QED) is 0.180. The normalized spacial score (nSPS) is 20.3. The Morgan fingerprint density at radius 1 is 1.13 bits per heavy atom. The van der Waals surface area contributed by atoms with Gasteiger partial charge in [0.05, 0.1) is 6.04 Å². The topological polar surface area (TPSA) is 200 Å². The molecule has 2 fully saturated rings. The second-order valence-electron chi connectivity index (χ2n) is 10.4. The molecule has 1 aromatic rings. The molecule has 3 rings (SSSR count). The minimum Gasteiger partial charge on any atom is -0.445 e. The molecular weight excluding hydrogens is 532 g/mol. The number of hydrogen-bond acceptors (Lipinski definition) is 8. The fraction of sp³-hybridized carbons (Fsp3) is 0.600. The van der Waals surface area contributed by atoms with E-state index in [4.69, 9.17) is 4.74 Å². The number of nitrogens with one attached hydrogen (secondary N) is 4. The zero-order valence-corrected chi connectivity index (χ0v) is 22.7. The lowest BCUT2D eigenvalue weighted by atomic mass is 9.93. The van der Waals surface area contributed by atoms with E-state index < -0.39 is 63.3 Å². The van der Waals surface area contributed by atoms with Crippen LogP contribution in [0.1, 0.15) is 51.5 Å². The second kappa shape index (κ2) is 12.7. The largest absolute Gasteiger partial charge is 0.445 e. The Morgan fingerprint density at radius 3 is 2.33 bits per heavy atom. The fourth-order valence-electron chi connectivity index (χ4n) is 4.32. The Balaban J connectivity index is 1.82. The predicted octanol–water partition coefficient (Wildman–Crippen LogP) is 0.194. The minimum absolute atomic E-state index is 0.0635. The molecule has 4 atom stereocenters. The van der Waals surface area contributed by atoms with Crippen LogP contribution in [-0.4, -0.2) is 71.5 Å². The lowest BCUT2D eigenvalue weighted by Crippen LogP contribution is -2.67. The lowest BCUT2D eigenvalue weighted by Gasteiger charge is -2.34. The van der Waals surface area contributed by atoms with Crippen molar-refractivity contribution in [2.45, 2.75) is 75.6 Å². The average Bonchev–Trinajstić information content (AvgIpc) is 3.59. The number of ether oxygens (including phenoxy) is 1. The first kappa shape index (κ1) is 30.3. The van der Waals surface area contributed by atoms with E-state index in [-0.39, 0.29) is 38.0 Å². The van der Waals surface area contributed by atoms with Crippen LogP contribution in [0.3, 0.4) is 0 Å². The highest BCUT2D eigenvalue weighted by Gasteiger charge is 2.57. The number of carbonyl (C=O) groups is 4. The Kier molecular flexibility index (Phi) is 9.91. The van der Waals surface area contributed by atoms with E-state index in [1.807, 2.05) is 0 Å². The minimum atomic E-state index is -5.51. The van der Waals surface area contributed by atoms with Gasteiger partial charge in [0.2, 0.25) is 11.8 Å². The van der Waals surface area contributed by atoms with Crippen molar-refractivity contribution in [3.05, 3.63) is 35.9 Å². The maximum atomic E-state index is 13.4. The van der Waals surface area contributed by atoms with E-state index in [0.717, 1.165) is 0 Å². The second-order valence-corrected chi connectivity index (χ2v) is 12.0. The number of benzene rings is 1. The van der Waals surface area contributed by atoms with Crippen LogP contribution in [0.15, 0.2) is 30.3 Å². The molecule has 1 saturated heterocycles.